The number of carboxylic acids is 1. The molecule has 0 aliphatic heterocycles. The highest BCUT2D eigenvalue weighted by molar-refractivity contribution is 5.96. The van der Waals surface area contributed by atoms with Crippen molar-refractivity contribution in [3.8, 4) is 11.5 Å². The zero-order valence-electron chi connectivity index (χ0n) is 23.3. The molecule has 0 fully saturated rings. The molecule has 1 aromatic heterocycles. The highest BCUT2D eigenvalue weighted by atomic mass is 16.5. The minimum absolute atomic E-state index is 0.0569. The lowest BCUT2D eigenvalue weighted by molar-refractivity contribution is -0.139. The van der Waals surface area contributed by atoms with Crippen LogP contribution in [0.5, 0.6) is 11.5 Å². The number of aromatic nitrogens is 1. The predicted molar refractivity (Wildman–Crippen MR) is 152 cm³/mol. The number of hydrogen-bond donors (Lipinski definition) is 6. The van der Waals surface area contributed by atoms with Gasteiger partial charge in [0.1, 0.15) is 29.3 Å². The van der Waals surface area contributed by atoms with Crippen LogP contribution in [0, 0.1) is 18.3 Å². The van der Waals surface area contributed by atoms with Crippen molar-refractivity contribution in [1.82, 2.24) is 20.9 Å². The first-order valence-electron chi connectivity index (χ1n) is 13.3. The van der Waals surface area contributed by atoms with Crippen LogP contribution in [0.1, 0.15) is 71.6 Å². The maximum absolute atomic E-state index is 13.1. The summed E-state index contributed by atoms with van der Waals surface area (Å²) < 4.78 is 11.6. The van der Waals surface area contributed by atoms with Crippen LogP contribution in [0.15, 0.2) is 59.0 Å². The number of hydrogen-bond acceptors (Lipinski definition) is 7. The van der Waals surface area contributed by atoms with Gasteiger partial charge in [0.25, 0.3) is 11.8 Å². The van der Waals surface area contributed by atoms with Gasteiger partial charge in [-0.25, -0.2) is 9.78 Å². The molecule has 1 heterocycles. The van der Waals surface area contributed by atoms with Crippen LogP contribution in [0.25, 0.3) is 0 Å². The summed E-state index contributed by atoms with van der Waals surface area (Å²) in [6.07, 6.45) is 0.969. The number of oxazole rings is 1. The molecule has 0 spiro atoms. The van der Waals surface area contributed by atoms with Gasteiger partial charge in [0.15, 0.2) is 11.7 Å². The summed E-state index contributed by atoms with van der Waals surface area (Å²) in [5, 5.41) is 24.7. The number of amides is 2. The largest absolute Gasteiger partial charge is 0.480 e. The van der Waals surface area contributed by atoms with E-state index in [-0.39, 0.29) is 41.6 Å². The Kier molecular flexibility index (Phi) is 10.8. The third-order valence-corrected chi connectivity index (χ3v) is 6.02. The van der Waals surface area contributed by atoms with Crippen LogP contribution in [-0.4, -0.2) is 46.4 Å². The average Bonchev–Trinajstić information content (AvgIpc) is 3.32. The van der Waals surface area contributed by atoms with Crippen molar-refractivity contribution in [2.24, 2.45) is 11.7 Å². The summed E-state index contributed by atoms with van der Waals surface area (Å²) in [6, 6.07) is 14.2. The highest BCUT2D eigenvalue weighted by Crippen LogP contribution is 2.25. The number of carbonyl (C=O) groups is 3. The van der Waals surface area contributed by atoms with Crippen LogP contribution in [-0.2, 0) is 4.79 Å². The zero-order valence-corrected chi connectivity index (χ0v) is 23.3. The second kappa shape index (κ2) is 14.5. The van der Waals surface area contributed by atoms with Gasteiger partial charge in [-0.2, -0.15) is 0 Å². The number of rotatable bonds is 14. The zero-order chi connectivity index (χ0) is 29.9. The molecule has 0 saturated heterocycles. The molecule has 3 rings (SSSR count). The van der Waals surface area contributed by atoms with E-state index >= 15 is 0 Å². The van der Waals surface area contributed by atoms with Crippen LogP contribution in [0.2, 0.25) is 0 Å². The summed E-state index contributed by atoms with van der Waals surface area (Å²) in [6.45, 7) is 5.81. The Balaban J connectivity index is 1.69. The van der Waals surface area contributed by atoms with E-state index in [0.717, 1.165) is 0 Å². The van der Waals surface area contributed by atoms with E-state index in [1.54, 1.807) is 31.2 Å². The molecule has 12 heteroatoms. The lowest BCUT2D eigenvalue weighted by Gasteiger charge is -2.18. The van der Waals surface area contributed by atoms with Crippen LogP contribution in [0.3, 0.4) is 0 Å². The predicted octanol–water partition coefficient (Wildman–Crippen LogP) is 3.74. The Morgan fingerprint density at radius 2 is 1.68 bits per heavy atom. The molecular weight excluding hydrogens is 528 g/mol. The Morgan fingerprint density at radius 3 is 2.29 bits per heavy atom. The van der Waals surface area contributed by atoms with E-state index in [2.05, 4.69) is 20.9 Å². The second-order valence-electron chi connectivity index (χ2n) is 9.90. The first-order valence-corrected chi connectivity index (χ1v) is 13.3. The Hall–Kier alpha value is -4.87. The van der Waals surface area contributed by atoms with E-state index in [4.69, 9.17) is 20.3 Å². The summed E-state index contributed by atoms with van der Waals surface area (Å²) in [5.41, 5.74) is 5.58. The number of nitrogens with one attached hydrogen (secondary N) is 4. The molecule has 0 radical (unpaired) electrons. The van der Waals surface area contributed by atoms with Crippen molar-refractivity contribution in [2.45, 2.75) is 52.1 Å². The lowest BCUT2D eigenvalue weighted by atomic mass is 10.0. The molecule has 3 aromatic rings. The summed E-state index contributed by atoms with van der Waals surface area (Å²) in [4.78, 5) is 42.0. The molecule has 12 nitrogen and oxygen atoms in total. The van der Waals surface area contributed by atoms with Crippen molar-refractivity contribution in [2.75, 3.05) is 6.54 Å². The fourth-order valence-corrected chi connectivity index (χ4v) is 4.02. The summed E-state index contributed by atoms with van der Waals surface area (Å²) in [5.74, 6) is -0.702. The molecular formula is C29H36N6O6. The molecule has 2 atom stereocenters. The van der Waals surface area contributed by atoms with Gasteiger partial charge in [-0.05, 0) is 68.5 Å². The normalized spacial score (nSPS) is 12.3. The van der Waals surface area contributed by atoms with Gasteiger partial charge in [-0.1, -0.05) is 32.0 Å². The quantitative estimate of drug-likeness (QED) is 0.0961. The van der Waals surface area contributed by atoms with Gasteiger partial charge in [0.2, 0.25) is 5.89 Å². The monoisotopic (exact) mass is 564 g/mol. The SMILES string of the molecule is Cc1oc(C(CC(C)C)NC(=O)c2ccc(Oc3ccccc3)cc2)nc1C(=O)N[C@@H](CCCNC(=N)N)C(=O)O. The average molecular weight is 565 g/mol. The van der Waals surface area contributed by atoms with E-state index in [1.807, 2.05) is 44.2 Å². The fraction of sp³-hybridized carbons (Fsp3) is 0.345. The van der Waals surface area contributed by atoms with Crippen molar-refractivity contribution >= 4 is 23.7 Å². The van der Waals surface area contributed by atoms with Gasteiger partial charge in [0, 0.05) is 12.1 Å². The molecule has 2 amide bonds. The van der Waals surface area contributed by atoms with Gasteiger partial charge < -0.3 is 35.9 Å². The standard InChI is InChI=1S/C29H36N6O6/c1-17(2)16-23(34-25(36)19-11-13-21(14-12-19)41-20-8-5-4-6-9-20)27-35-24(18(3)40-27)26(37)33-22(28(38)39)10-7-15-32-29(30)31/h4-6,8-9,11-14,17,22-23H,7,10,15-16H2,1-3H3,(H,33,37)(H,34,36)(H,38,39)(H4,30,31,32)/t22-,23?/m0/s1. The highest BCUT2D eigenvalue weighted by Gasteiger charge is 2.28. The van der Waals surface area contributed by atoms with Crippen molar-refractivity contribution in [3.05, 3.63) is 77.5 Å². The summed E-state index contributed by atoms with van der Waals surface area (Å²) >= 11 is 0. The van der Waals surface area contributed by atoms with E-state index in [9.17, 15) is 19.5 Å². The number of ether oxygens (including phenoxy) is 1. The number of carboxylic acid groups (broad SMARTS) is 1. The number of guanidine groups is 1. The maximum atomic E-state index is 13.1. The minimum atomic E-state index is -1.20. The number of para-hydroxylation sites is 1. The molecule has 0 saturated carbocycles. The minimum Gasteiger partial charge on any atom is -0.480 e. The van der Waals surface area contributed by atoms with E-state index < -0.39 is 24.0 Å². The number of benzene rings is 2. The maximum Gasteiger partial charge on any atom is 0.326 e. The molecule has 0 bridgehead atoms. The first kappa shape index (κ1) is 30.7. The molecule has 0 aliphatic carbocycles. The van der Waals surface area contributed by atoms with E-state index in [1.165, 1.54) is 0 Å². The number of aliphatic carboxylic acids is 1. The number of nitrogens with zero attached hydrogens (tertiary/aromatic N) is 1. The third-order valence-electron chi connectivity index (χ3n) is 6.02. The topological polar surface area (TPSA) is 193 Å². The van der Waals surface area contributed by atoms with Crippen LogP contribution >= 0.6 is 0 Å². The first-order chi connectivity index (χ1) is 19.5. The van der Waals surface area contributed by atoms with Crippen molar-refractivity contribution in [1.29, 1.82) is 5.41 Å². The van der Waals surface area contributed by atoms with Crippen LogP contribution < -0.4 is 26.4 Å². The van der Waals surface area contributed by atoms with Gasteiger partial charge in [-0.15, -0.1) is 0 Å². The molecule has 2 aromatic carbocycles. The molecule has 1 unspecified atom stereocenters. The van der Waals surface area contributed by atoms with Crippen LogP contribution in [0.4, 0.5) is 0 Å². The van der Waals surface area contributed by atoms with Gasteiger partial charge >= 0.3 is 5.97 Å². The molecule has 218 valence electrons. The van der Waals surface area contributed by atoms with Crippen molar-refractivity contribution < 1.29 is 28.6 Å². The Morgan fingerprint density at radius 1 is 1.02 bits per heavy atom. The van der Waals surface area contributed by atoms with E-state index in [0.29, 0.717) is 36.4 Å². The molecule has 41 heavy (non-hydrogen) atoms. The molecule has 0 aliphatic rings. The molecule has 7 N–H and O–H groups in total. The number of aryl methyl sites for hydroxylation is 1. The third kappa shape index (κ3) is 9.38. The number of nitrogens with two attached hydrogens (primary N) is 1. The number of carbonyl (C=O) groups excluding carboxylic acids is 2. The summed E-state index contributed by atoms with van der Waals surface area (Å²) in [7, 11) is 0. The Bertz CT molecular complexity index is 1340. The smallest absolute Gasteiger partial charge is 0.326 e. The fourth-order valence-electron chi connectivity index (χ4n) is 4.02. The van der Waals surface area contributed by atoms with Crippen molar-refractivity contribution in [3.63, 3.8) is 0 Å². The lowest BCUT2D eigenvalue weighted by Crippen LogP contribution is -2.42. The van der Waals surface area contributed by atoms with Gasteiger partial charge in [-0.3, -0.25) is 15.0 Å². The Labute approximate surface area is 238 Å². The second-order valence-corrected chi connectivity index (χ2v) is 9.90. The van der Waals surface area contributed by atoms with Gasteiger partial charge in [0.05, 0.1) is 0 Å².